The molecular formula is C20H15F6N3O2S. The summed E-state index contributed by atoms with van der Waals surface area (Å²) in [5.41, 5.74) is -3.66. The smallest absolute Gasteiger partial charge is 0.416 e. The van der Waals surface area contributed by atoms with Crippen LogP contribution in [0.2, 0.25) is 0 Å². The van der Waals surface area contributed by atoms with Crippen molar-refractivity contribution in [1.29, 1.82) is 0 Å². The maximum Gasteiger partial charge on any atom is 0.416 e. The van der Waals surface area contributed by atoms with Gasteiger partial charge in [0.2, 0.25) is 0 Å². The molecule has 1 fully saturated rings. The molecule has 0 N–H and O–H groups in total. The van der Waals surface area contributed by atoms with E-state index in [4.69, 9.17) is 4.42 Å². The largest absolute Gasteiger partial charge is 0.462 e. The van der Waals surface area contributed by atoms with Gasteiger partial charge in [-0.1, -0.05) is 11.3 Å². The molecule has 1 amide bonds. The number of rotatable bonds is 3. The lowest BCUT2D eigenvalue weighted by Gasteiger charge is -2.31. The third-order valence-electron chi connectivity index (χ3n) is 5.14. The average molecular weight is 475 g/mol. The Kier molecular flexibility index (Phi) is 5.74. The van der Waals surface area contributed by atoms with Crippen molar-refractivity contribution in [3.8, 4) is 10.8 Å². The molecule has 1 aromatic carbocycles. The van der Waals surface area contributed by atoms with Gasteiger partial charge in [0.1, 0.15) is 5.01 Å². The van der Waals surface area contributed by atoms with E-state index in [0.29, 0.717) is 35.7 Å². The first-order chi connectivity index (χ1) is 15.0. The number of halogens is 6. The van der Waals surface area contributed by atoms with Gasteiger partial charge in [-0.3, -0.25) is 4.79 Å². The molecule has 1 aliphatic rings. The lowest BCUT2D eigenvalue weighted by atomic mass is 9.96. The zero-order valence-electron chi connectivity index (χ0n) is 16.2. The fourth-order valence-electron chi connectivity index (χ4n) is 3.49. The molecule has 0 radical (unpaired) electrons. The van der Waals surface area contributed by atoms with Gasteiger partial charge < -0.3 is 9.32 Å². The molecule has 3 aromatic rings. The molecule has 1 saturated heterocycles. The molecule has 0 aliphatic carbocycles. The normalized spacial score (nSPS) is 15.9. The minimum atomic E-state index is -5.01. The second-order valence-corrected chi connectivity index (χ2v) is 8.29. The van der Waals surface area contributed by atoms with Crippen LogP contribution in [0, 0.1) is 0 Å². The van der Waals surface area contributed by atoms with Crippen LogP contribution in [0.1, 0.15) is 45.3 Å². The maximum absolute atomic E-state index is 13.1. The number of piperidine rings is 1. The fourth-order valence-corrected chi connectivity index (χ4v) is 4.47. The van der Waals surface area contributed by atoms with Crippen LogP contribution in [0.25, 0.3) is 10.8 Å². The summed E-state index contributed by atoms with van der Waals surface area (Å²) in [7, 11) is 0. The SMILES string of the molecule is O=C(c1cc(C(F)(F)F)cc(C(F)(F)F)c1)N1CCC(c2nnc(-c3ccco3)s2)CC1. The van der Waals surface area contributed by atoms with Crippen molar-refractivity contribution in [3.63, 3.8) is 0 Å². The summed E-state index contributed by atoms with van der Waals surface area (Å²) in [4.78, 5) is 14.0. The number of amides is 1. The van der Waals surface area contributed by atoms with Crippen molar-refractivity contribution in [2.24, 2.45) is 0 Å². The molecule has 0 spiro atoms. The number of aromatic nitrogens is 2. The number of furan rings is 1. The van der Waals surface area contributed by atoms with Crippen molar-refractivity contribution in [1.82, 2.24) is 15.1 Å². The van der Waals surface area contributed by atoms with Crippen LogP contribution in [-0.4, -0.2) is 34.1 Å². The molecule has 0 bridgehead atoms. The van der Waals surface area contributed by atoms with E-state index in [0.717, 1.165) is 5.01 Å². The van der Waals surface area contributed by atoms with E-state index in [1.807, 2.05) is 0 Å². The van der Waals surface area contributed by atoms with E-state index in [1.54, 1.807) is 12.1 Å². The van der Waals surface area contributed by atoms with Crippen molar-refractivity contribution >= 4 is 17.2 Å². The number of likely N-dealkylation sites (tertiary alicyclic amines) is 1. The van der Waals surface area contributed by atoms with Crippen LogP contribution in [0.5, 0.6) is 0 Å². The van der Waals surface area contributed by atoms with Crippen LogP contribution < -0.4 is 0 Å². The third-order valence-corrected chi connectivity index (χ3v) is 6.24. The lowest BCUT2D eigenvalue weighted by Crippen LogP contribution is -2.38. The number of nitrogens with zero attached hydrogens (tertiary/aromatic N) is 3. The highest BCUT2D eigenvalue weighted by Gasteiger charge is 2.38. The molecule has 32 heavy (non-hydrogen) atoms. The number of hydrogen-bond donors (Lipinski definition) is 0. The quantitative estimate of drug-likeness (QED) is 0.446. The van der Waals surface area contributed by atoms with Gasteiger partial charge in [0.25, 0.3) is 5.91 Å². The first kappa shape index (κ1) is 22.3. The molecule has 4 rings (SSSR count). The summed E-state index contributed by atoms with van der Waals surface area (Å²) in [6.07, 6.45) is -7.58. The molecule has 0 atom stereocenters. The summed E-state index contributed by atoms with van der Waals surface area (Å²) in [6, 6.07) is 4.40. The molecule has 170 valence electrons. The molecule has 0 unspecified atom stereocenters. The summed E-state index contributed by atoms with van der Waals surface area (Å²) in [5.74, 6) is -0.313. The zero-order chi connectivity index (χ0) is 23.1. The van der Waals surface area contributed by atoms with Gasteiger partial charge in [0, 0.05) is 24.6 Å². The predicted octanol–water partition coefficient (Wildman–Crippen LogP) is 5.86. The van der Waals surface area contributed by atoms with Gasteiger partial charge in [-0.2, -0.15) is 26.3 Å². The number of hydrogen-bond acceptors (Lipinski definition) is 5. The topological polar surface area (TPSA) is 59.2 Å². The van der Waals surface area contributed by atoms with Crippen LogP contribution in [-0.2, 0) is 12.4 Å². The highest BCUT2D eigenvalue weighted by atomic mass is 32.1. The monoisotopic (exact) mass is 475 g/mol. The van der Waals surface area contributed by atoms with E-state index in [1.165, 1.54) is 22.5 Å². The summed E-state index contributed by atoms with van der Waals surface area (Å²) < 4.78 is 83.7. The van der Waals surface area contributed by atoms with Crippen molar-refractivity contribution in [3.05, 3.63) is 58.3 Å². The van der Waals surface area contributed by atoms with E-state index in [2.05, 4.69) is 10.2 Å². The van der Waals surface area contributed by atoms with Gasteiger partial charge in [0.15, 0.2) is 10.8 Å². The Bertz CT molecular complexity index is 1070. The van der Waals surface area contributed by atoms with Crippen molar-refractivity contribution in [2.45, 2.75) is 31.1 Å². The molecular weight excluding hydrogens is 460 g/mol. The highest BCUT2D eigenvalue weighted by Crippen LogP contribution is 2.37. The third kappa shape index (κ3) is 4.64. The van der Waals surface area contributed by atoms with Crippen molar-refractivity contribution < 1.29 is 35.6 Å². The molecule has 2 aromatic heterocycles. The predicted molar refractivity (Wildman–Crippen MR) is 102 cm³/mol. The number of benzene rings is 1. The van der Waals surface area contributed by atoms with Crippen LogP contribution in [0.15, 0.2) is 41.0 Å². The van der Waals surface area contributed by atoms with Crippen LogP contribution in [0.3, 0.4) is 0 Å². The molecule has 3 heterocycles. The van der Waals surface area contributed by atoms with Crippen LogP contribution in [0.4, 0.5) is 26.3 Å². The van der Waals surface area contributed by atoms with E-state index < -0.39 is 35.0 Å². The molecule has 12 heteroatoms. The van der Waals surface area contributed by atoms with Gasteiger partial charge >= 0.3 is 12.4 Å². The Labute approximate surface area is 181 Å². The fraction of sp³-hybridized carbons (Fsp3) is 0.350. The molecule has 5 nitrogen and oxygen atoms in total. The first-order valence-electron chi connectivity index (χ1n) is 9.48. The molecule has 0 saturated carbocycles. The minimum absolute atomic E-state index is 0.00901. The van der Waals surface area contributed by atoms with Gasteiger partial charge in [-0.25, -0.2) is 0 Å². The number of carbonyl (C=O) groups excluding carboxylic acids is 1. The first-order valence-corrected chi connectivity index (χ1v) is 10.3. The Hall–Kier alpha value is -2.89. The zero-order valence-corrected chi connectivity index (χ0v) is 17.0. The van der Waals surface area contributed by atoms with Gasteiger partial charge in [-0.05, 0) is 43.2 Å². The highest BCUT2D eigenvalue weighted by molar-refractivity contribution is 7.14. The summed E-state index contributed by atoms with van der Waals surface area (Å²) in [6.45, 7) is 0.355. The van der Waals surface area contributed by atoms with Gasteiger partial charge in [-0.15, -0.1) is 10.2 Å². The van der Waals surface area contributed by atoms with Gasteiger partial charge in [0.05, 0.1) is 17.4 Å². The lowest BCUT2D eigenvalue weighted by molar-refractivity contribution is -0.143. The second kappa shape index (κ2) is 8.23. The number of alkyl halides is 6. The molecule has 1 aliphatic heterocycles. The van der Waals surface area contributed by atoms with E-state index in [9.17, 15) is 31.1 Å². The number of carbonyl (C=O) groups is 1. The van der Waals surface area contributed by atoms with E-state index in [-0.39, 0.29) is 25.1 Å². The second-order valence-electron chi connectivity index (χ2n) is 7.28. The minimum Gasteiger partial charge on any atom is -0.462 e. The summed E-state index contributed by atoms with van der Waals surface area (Å²) in [5, 5.41) is 9.58. The Morgan fingerprint density at radius 3 is 2.16 bits per heavy atom. The summed E-state index contributed by atoms with van der Waals surface area (Å²) >= 11 is 1.34. The maximum atomic E-state index is 13.1. The Morgan fingerprint density at radius 1 is 1.00 bits per heavy atom. The van der Waals surface area contributed by atoms with Crippen LogP contribution >= 0.6 is 11.3 Å². The standard InChI is InChI=1S/C20H15F6N3O2S/c21-19(22,23)13-8-12(9-14(10-13)20(24,25)26)18(30)29-5-3-11(4-6-29)16-27-28-17(32-16)15-2-1-7-31-15/h1-2,7-11H,3-6H2. The van der Waals surface area contributed by atoms with Crippen molar-refractivity contribution in [2.75, 3.05) is 13.1 Å². The Balaban J connectivity index is 1.49. The average Bonchev–Trinajstić information content (AvgIpc) is 3.43. The van der Waals surface area contributed by atoms with E-state index >= 15 is 0 Å². The Morgan fingerprint density at radius 2 is 1.62 bits per heavy atom.